The Labute approximate surface area is 102 Å². The zero-order valence-corrected chi connectivity index (χ0v) is 10.3. The summed E-state index contributed by atoms with van der Waals surface area (Å²) in [6.45, 7) is 2.74. The van der Waals surface area contributed by atoms with Crippen LogP contribution < -0.4 is 10.1 Å². The van der Waals surface area contributed by atoms with E-state index in [1.165, 1.54) is 5.56 Å². The fraction of sp³-hybridized carbons (Fsp3) is 0.462. The average Bonchev–Trinajstić information content (AvgIpc) is 2.34. The van der Waals surface area contributed by atoms with Crippen LogP contribution in [0, 0.1) is 0 Å². The number of carbonyl (C=O) groups is 1. The van der Waals surface area contributed by atoms with Crippen LogP contribution in [-0.4, -0.2) is 31.3 Å². The molecule has 0 saturated heterocycles. The number of benzene rings is 1. The second-order valence-corrected chi connectivity index (χ2v) is 3.82. The molecule has 0 heterocycles. The van der Waals surface area contributed by atoms with E-state index >= 15 is 0 Å². The van der Waals surface area contributed by atoms with Crippen molar-refractivity contribution in [2.75, 3.05) is 20.2 Å². The lowest BCUT2D eigenvalue weighted by atomic mass is 10.1. The molecule has 0 unspecified atom stereocenters. The summed E-state index contributed by atoms with van der Waals surface area (Å²) in [5.74, 6) is 0.0265. The molecule has 2 N–H and O–H groups in total. The van der Waals surface area contributed by atoms with Crippen molar-refractivity contribution in [3.05, 3.63) is 29.3 Å². The van der Waals surface area contributed by atoms with Crippen LogP contribution >= 0.6 is 0 Å². The zero-order valence-electron chi connectivity index (χ0n) is 10.3. The highest BCUT2D eigenvalue weighted by molar-refractivity contribution is 5.68. The largest absolute Gasteiger partial charge is 0.496 e. The van der Waals surface area contributed by atoms with Gasteiger partial charge in [-0.25, -0.2) is 0 Å². The number of carboxylic acid groups (broad SMARTS) is 1. The molecular weight excluding hydrogens is 218 g/mol. The molecule has 0 aliphatic heterocycles. The number of methoxy groups -OCH3 is 1. The topological polar surface area (TPSA) is 58.6 Å². The minimum absolute atomic E-state index is 0.00418. The fourth-order valence-corrected chi connectivity index (χ4v) is 1.67. The van der Waals surface area contributed by atoms with Gasteiger partial charge in [0.1, 0.15) is 5.75 Å². The summed E-state index contributed by atoms with van der Waals surface area (Å²) in [6, 6.07) is 6.12. The van der Waals surface area contributed by atoms with Gasteiger partial charge in [0.15, 0.2) is 0 Å². The Hall–Kier alpha value is -1.55. The molecule has 17 heavy (non-hydrogen) atoms. The lowest BCUT2D eigenvalue weighted by Crippen LogP contribution is -2.24. The van der Waals surface area contributed by atoms with Crippen LogP contribution in [0.1, 0.15) is 18.1 Å². The molecule has 1 aromatic rings. The minimum atomic E-state index is -0.834. The highest BCUT2D eigenvalue weighted by Gasteiger charge is 2.04. The molecule has 0 spiro atoms. The SMILES string of the molecule is CCc1ccc(OC)c(CCNCC(=O)O)c1. The Bertz CT molecular complexity index is 377. The summed E-state index contributed by atoms with van der Waals surface area (Å²) in [7, 11) is 1.65. The first kappa shape index (κ1) is 13.5. The average molecular weight is 237 g/mol. The third-order valence-corrected chi connectivity index (χ3v) is 2.60. The molecule has 0 bridgehead atoms. The molecule has 0 aromatic heterocycles. The molecular formula is C13H19NO3. The Morgan fingerprint density at radius 2 is 2.24 bits per heavy atom. The van der Waals surface area contributed by atoms with Crippen molar-refractivity contribution in [2.24, 2.45) is 0 Å². The number of ether oxygens (including phenoxy) is 1. The van der Waals surface area contributed by atoms with Crippen LogP contribution in [0.3, 0.4) is 0 Å². The predicted octanol–water partition coefficient (Wildman–Crippen LogP) is 1.47. The number of rotatable bonds is 7. The minimum Gasteiger partial charge on any atom is -0.496 e. The first-order valence-corrected chi connectivity index (χ1v) is 5.75. The van der Waals surface area contributed by atoms with Gasteiger partial charge in [0, 0.05) is 0 Å². The van der Waals surface area contributed by atoms with Gasteiger partial charge < -0.3 is 15.2 Å². The van der Waals surface area contributed by atoms with Crippen molar-refractivity contribution in [1.82, 2.24) is 5.32 Å². The molecule has 4 nitrogen and oxygen atoms in total. The Balaban J connectivity index is 2.58. The van der Waals surface area contributed by atoms with E-state index < -0.39 is 5.97 Å². The summed E-state index contributed by atoms with van der Waals surface area (Å²) in [5.41, 5.74) is 2.38. The molecule has 4 heteroatoms. The molecule has 0 aliphatic carbocycles. The summed E-state index contributed by atoms with van der Waals surface area (Å²) >= 11 is 0. The molecule has 0 saturated carbocycles. The molecule has 0 fully saturated rings. The van der Waals surface area contributed by atoms with E-state index in [1.54, 1.807) is 7.11 Å². The van der Waals surface area contributed by atoms with Gasteiger partial charge in [-0.05, 0) is 36.6 Å². The van der Waals surface area contributed by atoms with Gasteiger partial charge in [-0.15, -0.1) is 0 Å². The normalized spacial score (nSPS) is 10.2. The van der Waals surface area contributed by atoms with Crippen molar-refractivity contribution in [1.29, 1.82) is 0 Å². The van der Waals surface area contributed by atoms with Crippen molar-refractivity contribution in [2.45, 2.75) is 19.8 Å². The van der Waals surface area contributed by atoms with E-state index in [1.807, 2.05) is 12.1 Å². The van der Waals surface area contributed by atoms with Crippen LogP contribution in [-0.2, 0) is 17.6 Å². The maximum atomic E-state index is 10.3. The van der Waals surface area contributed by atoms with Crippen molar-refractivity contribution < 1.29 is 14.6 Å². The Kier molecular flexibility index (Phi) is 5.49. The monoisotopic (exact) mass is 237 g/mol. The van der Waals surface area contributed by atoms with E-state index in [4.69, 9.17) is 9.84 Å². The second kappa shape index (κ2) is 6.91. The number of carboxylic acids is 1. The molecule has 0 aliphatic rings. The second-order valence-electron chi connectivity index (χ2n) is 3.82. The summed E-state index contributed by atoms with van der Waals surface area (Å²) in [4.78, 5) is 10.3. The maximum Gasteiger partial charge on any atom is 0.317 e. The predicted molar refractivity (Wildman–Crippen MR) is 66.6 cm³/mol. The van der Waals surface area contributed by atoms with Gasteiger partial charge in [0.25, 0.3) is 0 Å². The number of aryl methyl sites for hydroxylation is 1. The maximum absolute atomic E-state index is 10.3. The van der Waals surface area contributed by atoms with E-state index in [0.717, 1.165) is 24.2 Å². The van der Waals surface area contributed by atoms with Gasteiger partial charge in [-0.2, -0.15) is 0 Å². The van der Waals surface area contributed by atoms with Crippen molar-refractivity contribution >= 4 is 5.97 Å². The third kappa shape index (κ3) is 4.44. The van der Waals surface area contributed by atoms with Gasteiger partial charge in [-0.1, -0.05) is 19.1 Å². The molecule has 1 aromatic carbocycles. The van der Waals surface area contributed by atoms with Crippen LogP contribution in [0.5, 0.6) is 5.75 Å². The number of hydrogen-bond acceptors (Lipinski definition) is 3. The van der Waals surface area contributed by atoms with Gasteiger partial charge >= 0.3 is 5.97 Å². The van der Waals surface area contributed by atoms with Crippen LogP contribution in [0.25, 0.3) is 0 Å². The van der Waals surface area contributed by atoms with Crippen LogP contribution in [0.4, 0.5) is 0 Å². The summed E-state index contributed by atoms with van der Waals surface area (Å²) in [6.07, 6.45) is 1.75. The Morgan fingerprint density at radius 3 is 2.82 bits per heavy atom. The van der Waals surface area contributed by atoms with E-state index in [9.17, 15) is 4.79 Å². The quantitative estimate of drug-likeness (QED) is 0.705. The van der Waals surface area contributed by atoms with Crippen molar-refractivity contribution in [3.8, 4) is 5.75 Å². The molecule has 0 amide bonds. The highest BCUT2D eigenvalue weighted by atomic mass is 16.5. The number of nitrogens with one attached hydrogen (secondary N) is 1. The Morgan fingerprint density at radius 1 is 1.47 bits per heavy atom. The van der Waals surface area contributed by atoms with Crippen molar-refractivity contribution in [3.63, 3.8) is 0 Å². The molecule has 1 rings (SSSR count). The molecule has 0 radical (unpaired) electrons. The molecule has 0 atom stereocenters. The number of hydrogen-bond donors (Lipinski definition) is 2. The van der Waals surface area contributed by atoms with Gasteiger partial charge in [-0.3, -0.25) is 4.79 Å². The fourth-order valence-electron chi connectivity index (χ4n) is 1.67. The standard InChI is InChI=1S/C13H19NO3/c1-3-10-4-5-12(17-2)11(8-10)6-7-14-9-13(15)16/h4-5,8,14H,3,6-7,9H2,1-2H3,(H,15,16). The molecule has 94 valence electrons. The third-order valence-electron chi connectivity index (χ3n) is 2.60. The van der Waals surface area contributed by atoms with Crippen LogP contribution in [0.15, 0.2) is 18.2 Å². The first-order chi connectivity index (χ1) is 8.17. The van der Waals surface area contributed by atoms with Gasteiger partial charge in [0.05, 0.1) is 13.7 Å². The lowest BCUT2D eigenvalue weighted by molar-refractivity contribution is -0.135. The van der Waals surface area contributed by atoms with E-state index in [2.05, 4.69) is 18.3 Å². The van der Waals surface area contributed by atoms with Gasteiger partial charge in [0.2, 0.25) is 0 Å². The van der Waals surface area contributed by atoms with E-state index in [-0.39, 0.29) is 6.54 Å². The zero-order chi connectivity index (χ0) is 12.7. The van der Waals surface area contributed by atoms with E-state index in [0.29, 0.717) is 6.54 Å². The smallest absolute Gasteiger partial charge is 0.317 e. The number of aliphatic carboxylic acids is 1. The summed E-state index contributed by atoms with van der Waals surface area (Å²) in [5, 5.41) is 11.4. The highest BCUT2D eigenvalue weighted by Crippen LogP contribution is 2.20. The van der Waals surface area contributed by atoms with Crippen LogP contribution in [0.2, 0.25) is 0 Å². The lowest BCUT2D eigenvalue weighted by Gasteiger charge is -2.10. The first-order valence-electron chi connectivity index (χ1n) is 5.75. The summed E-state index contributed by atoms with van der Waals surface area (Å²) < 4.78 is 5.28.